The number of aliphatic carboxylic acids is 1. The van der Waals surface area contributed by atoms with E-state index in [1.54, 1.807) is 18.2 Å². The minimum Gasteiger partial charge on any atom is -0.479 e. The number of halogens is 3. The number of carbonyl (C=O) groups is 2. The predicted molar refractivity (Wildman–Crippen MR) is 108 cm³/mol. The summed E-state index contributed by atoms with van der Waals surface area (Å²) in [5, 5.41) is 10.1. The van der Waals surface area contributed by atoms with Gasteiger partial charge in [0.2, 0.25) is 5.67 Å². The van der Waals surface area contributed by atoms with Gasteiger partial charge in [-0.25, -0.2) is 14.0 Å². The minimum atomic E-state index is -2.52. The van der Waals surface area contributed by atoms with Crippen LogP contribution in [-0.2, 0) is 25.7 Å². The molecule has 1 aromatic rings. The lowest BCUT2D eigenvalue weighted by Gasteiger charge is -2.35. The van der Waals surface area contributed by atoms with Crippen LogP contribution in [0.3, 0.4) is 0 Å². The molecular formula is C21H24Cl2FNO5. The summed E-state index contributed by atoms with van der Waals surface area (Å²) in [5.74, 6) is -4.42. The molecule has 0 amide bonds. The number of alkyl halides is 1. The highest BCUT2D eigenvalue weighted by atomic mass is 35.5. The van der Waals surface area contributed by atoms with Crippen molar-refractivity contribution in [3.8, 4) is 0 Å². The number of hydrogen-bond donors (Lipinski definition) is 2. The van der Waals surface area contributed by atoms with Gasteiger partial charge in [-0.15, -0.1) is 0 Å². The van der Waals surface area contributed by atoms with E-state index in [0.717, 1.165) is 32.1 Å². The second kappa shape index (κ2) is 7.93. The highest BCUT2D eigenvalue weighted by Gasteiger charge is 2.85. The number of carbonyl (C=O) groups excluding carboxylic acids is 1. The first kappa shape index (κ1) is 21.8. The van der Waals surface area contributed by atoms with Crippen molar-refractivity contribution in [1.82, 2.24) is 0 Å². The molecule has 3 aliphatic carbocycles. The third kappa shape index (κ3) is 3.49. The molecule has 0 aromatic heterocycles. The number of ether oxygens (including phenoxy) is 2. The van der Waals surface area contributed by atoms with E-state index in [2.05, 4.69) is 0 Å². The largest absolute Gasteiger partial charge is 0.479 e. The van der Waals surface area contributed by atoms with Crippen molar-refractivity contribution < 1.29 is 28.6 Å². The van der Waals surface area contributed by atoms with Crippen LogP contribution in [0, 0.1) is 11.8 Å². The Bertz CT molecular complexity index is 864. The summed E-state index contributed by atoms with van der Waals surface area (Å²) in [6, 6.07) is 4.98. The van der Waals surface area contributed by atoms with Gasteiger partial charge < -0.3 is 20.3 Å². The van der Waals surface area contributed by atoms with Gasteiger partial charge in [0.15, 0.2) is 0 Å². The van der Waals surface area contributed by atoms with Gasteiger partial charge >= 0.3 is 11.9 Å². The molecule has 4 rings (SSSR count). The van der Waals surface area contributed by atoms with Crippen LogP contribution in [-0.4, -0.2) is 40.5 Å². The summed E-state index contributed by atoms with van der Waals surface area (Å²) in [6.45, 7) is 0.0724. The highest BCUT2D eigenvalue weighted by molar-refractivity contribution is 6.42. The monoisotopic (exact) mass is 459 g/mol. The Hall–Kier alpha value is -1.41. The van der Waals surface area contributed by atoms with Gasteiger partial charge in [-0.2, -0.15) is 0 Å². The highest BCUT2D eigenvalue weighted by Crippen LogP contribution is 2.67. The van der Waals surface area contributed by atoms with Gasteiger partial charge in [0.1, 0.15) is 11.6 Å². The van der Waals surface area contributed by atoms with E-state index >= 15 is 4.39 Å². The maximum atomic E-state index is 15.0. The van der Waals surface area contributed by atoms with Gasteiger partial charge in [-0.1, -0.05) is 35.7 Å². The topological polar surface area (TPSA) is 98.9 Å². The molecule has 1 aromatic carbocycles. The molecule has 5 atom stereocenters. The van der Waals surface area contributed by atoms with Crippen molar-refractivity contribution in [2.24, 2.45) is 17.6 Å². The van der Waals surface area contributed by atoms with Crippen LogP contribution in [0.15, 0.2) is 18.2 Å². The fourth-order valence-electron chi connectivity index (χ4n) is 5.06. The smallest absolute Gasteiger partial charge is 0.342 e. The Morgan fingerprint density at radius 2 is 1.90 bits per heavy atom. The lowest BCUT2D eigenvalue weighted by molar-refractivity contribution is -0.167. The van der Waals surface area contributed by atoms with Crippen molar-refractivity contribution in [3.63, 3.8) is 0 Å². The number of nitrogens with two attached hydrogens (primary N) is 1. The third-order valence-electron chi connectivity index (χ3n) is 6.74. The molecule has 0 radical (unpaired) electrons. The molecule has 6 nitrogen and oxygen atoms in total. The van der Waals surface area contributed by atoms with Crippen molar-refractivity contribution in [3.05, 3.63) is 33.8 Å². The van der Waals surface area contributed by atoms with E-state index in [9.17, 15) is 14.7 Å². The van der Waals surface area contributed by atoms with E-state index in [1.165, 1.54) is 0 Å². The van der Waals surface area contributed by atoms with Crippen molar-refractivity contribution in [1.29, 1.82) is 0 Å². The molecule has 0 bridgehead atoms. The molecule has 3 aliphatic rings. The van der Waals surface area contributed by atoms with Crippen molar-refractivity contribution in [2.75, 3.05) is 0 Å². The Balaban J connectivity index is 1.52. The normalized spacial score (nSPS) is 35.7. The standard InChI is InChI=1S/C21H24Cl2FNO5/c22-14-7-6-11(8-15(14)23)10-29-16-9-13-17(20(13,24)18(26)27)21(16,25)19(28)30-12-4-2-1-3-5-12/h6-8,12-13,16-17H,1-5,9-10,25H2,(H,26,27)/t13-,16-,17+,20-,21+/m1/s1. The van der Waals surface area contributed by atoms with E-state index in [4.69, 9.17) is 38.4 Å². The lowest BCUT2D eigenvalue weighted by atomic mass is 9.87. The number of carboxylic acids is 1. The van der Waals surface area contributed by atoms with Gasteiger partial charge in [-0.3, -0.25) is 0 Å². The fourth-order valence-corrected chi connectivity index (χ4v) is 5.38. The van der Waals surface area contributed by atoms with Crippen LogP contribution < -0.4 is 5.73 Å². The first-order valence-corrected chi connectivity index (χ1v) is 10.9. The van der Waals surface area contributed by atoms with Gasteiger partial charge in [0.05, 0.1) is 22.8 Å². The molecule has 3 fully saturated rings. The minimum absolute atomic E-state index is 0.0328. The SMILES string of the molecule is N[C@]1(C(=O)OC2CCCCC2)[C@H]2[C@@H](C[C@H]1OCc1ccc(Cl)c(Cl)c1)[C@]2(F)C(=O)O. The summed E-state index contributed by atoms with van der Waals surface area (Å²) in [7, 11) is 0. The molecule has 164 valence electrons. The third-order valence-corrected chi connectivity index (χ3v) is 7.48. The molecule has 3 N–H and O–H groups in total. The zero-order valence-electron chi connectivity index (χ0n) is 16.3. The molecule has 0 heterocycles. The molecule has 30 heavy (non-hydrogen) atoms. The zero-order chi connectivity index (χ0) is 21.7. The van der Waals surface area contributed by atoms with E-state index in [1.807, 2.05) is 0 Å². The first-order chi connectivity index (χ1) is 14.2. The number of esters is 1. The lowest BCUT2D eigenvalue weighted by Crippen LogP contribution is -2.61. The first-order valence-electron chi connectivity index (χ1n) is 10.2. The molecule has 0 spiro atoms. The molecule has 9 heteroatoms. The Labute approximate surface area is 183 Å². The van der Waals surface area contributed by atoms with E-state index in [0.29, 0.717) is 15.6 Å². The second-order valence-electron chi connectivity index (χ2n) is 8.54. The zero-order valence-corrected chi connectivity index (χ0v) is 17.8. The molecule has 3 saturated carbocycles. The molecule has 0 aliphatic heterocycles. The van der Waals surface area contributed by atoms with Crippen LogP contribution in [0.1, 0.15) is 44.1 Å². The second-order valence-corrected chi connectivity index (χ2v) is 9.35. The van der Waals surface area contributed by atoms with Gasteiger partial charge in [0.25, 0.3) is 0 Å². The maximum Gasteiger partial charge on any atom is 0.342 e. The number of benzene rings is 1. The average Bonchev–Trinajstić information content (AvgIpc) is 3.20. The van der Waals surface area contributed by atoms with Crippen LogP contribution in [0.25, 0.3) is 0 Å². The summed E-state index contributed by atoms with van der Waals surface area (Å²) >= 11 is 11.9. The average molecular weight is 460 g/mol. The quantitative estimate of drug-likeness (QED) is 0.625. The molecular weight excluding hydrogens is 436 g/mol. The van der Waals surface area contributed by atoms with Crippen molar-refractivity contribution in [2.45, 2.75) is 68.5 Å². The summed E-state index contributed by atoms with van der Waals surface area (Å²) in [6.07, 6.45) is 3.32. The van der Waals surface area contributed by atoms with Crippen LogP contribution in [0.4, 0.5) is 4.39 Å². The van der Waals surface area contributed by atoms with Crippen LogP contribution >= 0.6 is 23.2 Å². The van der Waals surface area contributed by atoms with Crippen molar-refractivity contribution >= 4 is 35.1 Å². The van der Waals surface area contributed by atoms with Crippen LogP contribution in [0.2, 0.25) is 10.0 Å². The Morgan fingerprint density at radius 3 is 2.53 bits per heavy atom. The number of rotatable bonds is 6. The van der Waals surface area contributed by atoms with Crippen LogP contribution in [0.5, 0.6) is 0 Å². The summed E-state index contributed by atoms with van der Waals surface area (Å²) in [5.41, 5.74) is 2.76. The van der Waals surface area contributed by atoms with Gasteiger partial charge in [-0.05, 0) is 49.8 Å². The molecule has 0 unspecified atom stereocenters. The maximum absolute atomic E-state index is 15.0. The number of fused-ring (bicyclic) bond motifs is 1. The summed E-state index contributed by atoms with van der Waals surface area (Å²) in [4.78, 5) is 24.6. The van der Waals surface area contributed by atoms with E-state index < -0.39 is 41.1 Å². The Morgan fingerprint density at radius 1 is 1.20 bits per heavy atom. The number of hydrogen-bond acceptors (Lipinski definition) is 5. The van der Waals surface area contributed by atoms with E-state index in [-0.39, 0.29) is 19.1 Å². The fraction of sp³-hybridized carbons (Fsp3) is 0.619. The molecule has 0 saturated heterocycles. The number of carboxylic acid groups (broad SMARTS) is 1. The predicted octanol–water partition coefficient (Wildman–Crippen LogP) is 3.89. The summed E-state index contributed by atoms with van der Waals surface area (Å²) < 4.78 is 26.5. The Kier molecular flexibility index (Phi) is 5.77. The van der Waals surface area contributed by atoms with Gasteiger partial charge in [0, 0.05) is 11.8 Å².